The highest BCUT2D eigenvalue weighted by molar-refractivity contribution is 6.00. The van der Waals surface area contributed by atoms with Crippen LogP contribution in [0, 0.1) is 0 Å². The molecule has 3 N–H and O–H groups in total. The Bertz CT molecular complexity index is 1760. The number of benzene rings is 2. The van der Waals surface area contributed by atoms with Crippen LogP contribution in [0.15, 0.2) is 85.5 Å². The first kappa shape index (κ1) is 24.5. The van der Waals surface area contributed by atoms with E-state index < -0.39 is 0 Å². The van der Waals surface area contributed by atoms with E-state index in [1.807, 2.05) is 30.9 Å². The summed E-state index contributed by atoms with van der Waals surface area (Å²) < 4.78 is 0. The van der Waals surface area contributed by atoms with Crippen molar-refractivity contribution >= 4 is 27.5 Å². The molecule has 1 aliphatic rings. The molecule has 0 bridgehead atoms. The molecule has 4 aromatic heterocycles. The summed E-state index contributed by atoms with van der Waals surface area (Å²) in [7, 11) is 2.18. The van der Waals surface area contributed by atoms with Gasteiger partial charge in [-0.15, -0.1) is 0 Å². The fourth-order valence-electron chi connectivity index (χ4n) is 5.55. The zero-order valence-electron chi connectivity index (χ0n) is 22.6. The van der Waals surface area contributed by atoms with Gasteiger partial charge in [0.1, 0.15) is 5.69 Å². The lowest BCUT2D eigenvalue weighted by Crippen LogP contribution is -2.44. The highest BCUT2D eigenvalue weighted by atomic mass is 15.3. The van der Waals surface area contributed by atoms with Crippen LogP contribution in [0.1, 0.15) is 11.1 Å². The Balaban J connectivity index is 1.17. The summed E-state index contributed by atoms with van der Waals surface area (Å²) in [5.74, 6) is 0. The van der Waals surface area contributed by atoms with Crippen molar-refractivity contribution in [1.29, 1.82) is 0 Å². The topological polar surface area (TPSA) is 88.8 Å². The average molecular weight is 529 g/mol. The fourth-order valence-corrected chi connectivity index (χ4v) is 5.55. The number of pyridine rings is 2. The maximum absolute atomic E-state index is 4.71. The van der Waals surface area contributed by atoms with Crippen molar-refractivity contribution in [2.24, 2.45) is 0 Å². The summed E-state index contributed by atoms with van der Waals surface area (Å²) in [6, 6.07) is 21.3. The summed E-state index contributed by atoms with van der Waals surface area (Å²) >= 11 is 0. The largest absolute Gasteiger partial charge is 0.367 e. The molecule has 8 heteroatoms. The number of aromatic nitrogens is 5. The lowest BCUT2D eigenvalue weighted by molar-refractivity contribution is 0.313. The number of likely N-dealkylation sites (N-methyl/N-ethyl adjacent to an activating group) is 1. The number of hydrogen-bond donors (Lipinski definition) is 3. The van der Waals surface area contributed by atoms with Gasteiger partial charge in [-0.1, -0.05) is 36.4 Å². The first-order valence-corrected chi connectivity index (χ1v) is 13.8. The second-order valence-electron chi connectivity index (χ2n) is 10.6. The summed E-state index contributed by atoms with van der Waals surface area (Å²) in [4.78, 5) is 17.5. The van der Waals surface area contributed by atoms with Crippen LogP contribution < -0.4 is 10.2 Å². The minimum atomic E-state index is 0.758. The van der Waals surface area contributed by atoms with E-state index in [-0.39, 0.29) is 0 Å². The lowest BCUT2D eigenvalue weighted by Gasteiger charge is -2.34. The molecule has 0 unspecified atom stereocenters. The standard InChI is InChI=1S/C32H32N8/c1-39-9-11-40(12-10-39)31-21-35-20-30-26(31)15-29(36-30)32-27-14-24(7-8-28(27)37-38-32)25-13-23(18-34-19-25)17-33-16-22-5-3-2-4-6-22/h2-8,13-15,18-21,33,36H,9-12,16-17H2,1H3,(H,37,38). The maximum Gasteiger partial charge on any atom is 0.116 e. The molecule has 1 aliphatic heterocycles. The Morgan fingerprint density at radius 3 is 2.45 bits per heavy atom. The second kappa shape index (κ2) is 10.6. The van der Waals surface area contributed by atoms with Gasteiger partial charge in [-0.2, -0.15) is 5.10 Å². The summed E-state index contributed by atoms with van der Waals surface area (Å²) in [5, 5.41) is 13.7. The Kier molecular flexibility index (Phi) is 6.47. The molecule has 2 aromatic carbocycles. The molecule has 0 atom stereocenters. The number of piperazine rings is 1. The number of nitrogens with zero attached hydrogens (tertiary/aromatic N) is 5. The molecule has 8 nitrogen and oxygen atoms in total. The van der Waals surface area contributed by atoms with Crippen molar-refractivity contribution in [2.75, 3.05) is 38.1 Å². The smallest absolute Gasteiger partial charge is 0.116 e. The molecule has 1 fully saturated rings. The molecule has 200 valence electrons. The van der Waals surface area contributed by atoms with E-state index in [4.69, 9.17) is 5.10 Å². The minimum Gasteiger partial charge on any atom is -0.367 e. The van der Waals surface area contributed by atoms with Gasteiger partial charge in [0.15, 0.2) is 0 Å². The van der Waals surface area contributed by atoms with E-state index in [2.05, 4.69) is 96.8 Å². The van der Waals surface area contributed by atoms with Crippen molar-refractivity contribution < 1.29 is 0 Å². The molecular formula is C32H32N8. The summed E-state index contributed by atoms with van der Waals surface area (Å²) in [5.41, 5.74) is 9.73. The van der Waals surface area contributed by atoms with Crippen molar-refractivity contribution in [3.05, 3.63) is 96.6 Å². The van der Waals surface area contributed by atoms with Crippen LogP contribution in [0.3, 0.4) is 0 Å². The number of H-pyrrole nitrogens is 2. The van der Waals surface area contributed by atoms with Crippen LogP contribution in [-0.4, -0.2) is 63.3 Å². The van der Waals surface area contributed by atoms with Crippen LogP contribution in [0.4, 0.5) is 5.69 Å². The van der Waals surface area contributed by atoms with Gasteiger partial charge < -0.3 is 20.1 Å². The third-order valence-corrected chi connectivity index (χ3v) is 7.82. The number of aromatic amines is 2. The molecule has 0 amide bonds. The Labute approximate surface area is 233 Å². The van der Waals surface area contributed by atoms with E-state index in [0.717, 1.165) is 83.8 Å². The molecule has 0 saturated carbocycles. The molecule has 40 heavy (non-hydrogen) atoms. The van der Waals surface area contributed by atoms with Crippen LogP contribution in [0.5, 0.6) is 0 Å². The Morgan fingerprint density at radius 1 is 0.750 bits per heavy atom. The monoisotopic (exact) mass is 528 g/mol. The summed E-state index contributed by atoms with van der Waals surface area (Å²) in [6.07, 6.45) is 7.75. The van der Waals surface area contributed by atoms with Crippen LogP contribution in [-0.2, 0) is 13.1 Å². The Hall–Kier alpha value is -4.53. The van der Waals surface area contributed by atoms with E-state index in [0.29, 0.717) is 0 Å². The van der Waals surface area contributed by atoms with Gasteiger partial charge in [0.25, 0.3) is 0 Å². The summed E-state index contributed by atoms with van der Waals surface area (Å²) in [6.45, 7) is 5.70. The van der Waals surface area contributed by atoms with Crippen molar-refractivity contribution in [3.63, 3.8) is 0 Å². The van der Waals surface area contributed by atoms with Gasteiger partial charge in [-0.25, -0.2) is 0 Å². The van der Waals surface area contributed by atoms with Gasteiger partial charge in [0, 0.05) is 68.0 Å². The lowest BCUT2D eigenvalue weighted by atomic mass is 10.0. The van der Waals surface area contributed by atoms with E-state index >= 15 is 0 Å². The molecule has 7 rings (SSSR count). The highest BCUT2D eigenvalue weighted by Crippen LogP contribution is 2.34. The molecular weight excluding hydrogens is 496 g/mol. The molecule has 5 heterocycles. The van der Waals surface area contributed by atoms with E-state index in [1.54, 1.807) is 0 Å². The van der Waals surface area contributed by atoms with Gasteiger partial charge in [0.05, 0.1) is 34.8 Å². The van der Waals surface area contributed by atoms with E-state index in [1.165, 1.54) is 16.6 Å². The van der Waals surface area contributed by atoms with Gasteiger partial charge in [-0.05, 0) is 48.0 Å². The predicted molar refractivity (Wildman–Crippen MR) is 161 cm³/mol. The predicted octanol–water partition coefficient (Wildman–Crippen LogP) is 5.21. The minimum absolute atomic E-state index is 0.758. The van der Waals surface area contributed by atoms with Crippen molar-refractivity contribution in [2.45, 2.75) is 13.1 Å². The third kappa shape index (κ3) is 4.83. The first-order valence-electron chi connectivity index (χ1n) is 13.8. The third-order valence-electron chi connectivity index (χ3n) is 7.82. The first-order chi connectivity index (χ1) is 19.7. The molecule has 0 aliphatic carbocycles. The number of hydrogen-bond acceptors (Lipinski definition) is 6. The number of anilines is 1. The van der Waals surface area contributed by atoms with Crippen LogP contribution >= 0.6 is 0 Å². The molecule has 0 radical (unpaired) electrons. The highest BCUT2D eigenvalue weighted by Gasteiger charge is 2.19. The van der Waals surface area contributed by atoms with Crippen LogP contribution in [0.25, 0.3) is 44.3 Å². The van der Waals surface area contributed by atoms with E-state index in [9.17, 15) is 0 Å². The normalized spacial score (nSPS) is 14.4. The Morgan fingerprint density at radius 2 is 1.57 bits per heavy atom. The number of nitrogens with one attached hydrogen (secondary N) is 3. The van der Waals surface area contributed by atoms with Gasteiger partial charge in [-0.3, -0.25) is 15.1 Å². The SMILES string of the molecule is CN1CCN(c2cncc3[nH]c(-c4n[nH]c5ccc(-c6cncc(CNCc7ccccc7)c6)cc45)cc23)CC1. The van der Waals surface area contributed by atoms with Gasteiger partial charge >= 0.3 is 0 Å². The van der Waals surface area contributed by atoms with Gasteiger partial charge in [0.2, 0.25) is 0 Å². The number of fused-ring (bicyclic) bond motifs is 2. The van der Waals surface area contributed by atoms with Crippen molar-refractivity contribution in [3.8, 4) is 22.5 Å². The molecule has 0 spiro atoms. The van der Waals surface area contributed by atoms with Crippen LogP contribution in [0.2, 0.25) is 0 Å². The fraction of sp³-hybridized carbons (Fsp3) is 0.219. The molecule has 6 aromatic rings. The van der Waals surface area contributed by atoms with Crippen molar-refractivity contribution in [1.82, 2.24) is 35.4 Å². The number of rotatable bonds is 7. The second-order valence-corrected chi connectivity index (χ2v) is 10.6. The zero-order valence-corrected chi connectivity index (χ0v) is 22.6. The zero-order chi connectivity index (χ0) is 26.9. The quantitative estimate of drug-likeness (QED) is 0.264. The average Bonchev–Trinajstić information content (AvgIpc) is 3.62. The maximum atomic E-state index is 4.71. The molecule has 1 saturated heterocycles.